The van der Waals surface area contributed by atoms with Crippen LogP contribution < -0.4 is 16.4 Å². The van der Waals surface area contributed by atoms with Crippen molar-refractivity contribution in [3.8, 4) is 0 Å². The number of hydrogen-bond acceptors (Lipinski definition) is 4. The fourth-order valence-corrected chi connectivity index (χ4v) is 2.25. The average molecular weight is 263 g/mol. The highest BCUT2D eigenvalue weighted by molar-refractivity contribution is 7.86. The molecule has 0 saturated carbocycles. The first-order valence-corrected chi connectivity index (χ1v) is 7.02. The van der Waals surface area contributed by atoms with Crippen molar-refractivity contribution in [3.63, 3.8) is 0 Å². The van der Waals surface area contributed by atoms with E-state index in [4.69, 9.17) is 5.73 Å². The molecule has 0 bridgehead atoms. The third kappa shape index (κ3) is 6.38. The SMILES string of the molecule is CCNC(=O)NC(=O)C(C)S(=O)CC(N)CC. The summed E-state index contributed by atoms with van der Waals surface area (Å²) in [5.41, 5.74) is 5.66. The molecule has 4 N–H and O–H groups in total. The van der Waals surface area contributed by atoms with Crippen LogP contribution in [-0.4, -0.2) is 39.7 Å². The number of carbonyl (C=O) groups is 2. The summed E-state index contributed by atoms with van der Waals surface area (Å²) >= 11 is 0. The van der Waals surface area contributed by atoms with Crippen molar-refractivity contribution in [1.29, 1.82) is 0 Å². The molecule has 0 spiro atoms. The monoisotopic (exact) mass is 263 g/mol. The second-order valence-corrected chi connectivity index (χ2v) is 5.51. The number of carbonyl (C=O) groups excluding carboxylic acids is 2. The van der Waals surface area contributed by atoms with E-state index in [2.05, 4.69) is 10.6 Å². The van der Waals surface area contributed by atoms with E-state index in [1.54, 1.807) is 6.92 Å². The number of urea groups is 1. The van der Waals surface area contributed by atoms with Crippen LogP contribution in [-0.2, 0) is 15.6 Å². The van der Waals surface area contributed by atoms with Gasteiger partial charge in [0.1, 0.15) is 5.25 Å². The Balaban J connectivity index is 4.20. The molecule has 0 saturated heterocycles. The Morgan fingerprint density at radius 1 is 1.35 bits per heavy atom. The van der Waals surface area contributed by atoms with Gasteiger partial charge in [-0.3, -0.25) is 14.3 Å². The number of rotatable bonds is 6. The van der Waals surface area contributed by atoms with Crippen LogP contribution in [0.3, 0.4) is 0 Å². The van der Waals surface area contributed by atoms with E-state index < -0.39 is 28.0 Å². The Hall–Kier alpha value is -0.950. The van der Waals surface area contributed by atoms with Crippen LogP contribution in [0, 0.1) is 0 Å². The van der Waals surface area contributed by atoms with Gasteiger partial charge in [0.05, 0.1) is 0 Å². The minimum atomic E-state index is -1.36. The van der Waals surface area contributed by atoms with Gasteiger partial charge in [-0.25, -0.2) is 4.79 Å². The molecule has 100 valence electrons. The molecule has 17 heavy (non-hydrogen) atoms. The second-order valence-electron chi connectivity index (χ2n) is 3.71. The Morgan fingerprint density at radius 2 is 1.94 bits per heavy atom. The molecule has 0 heterocycles. The van der Waals surface area contributed by atoms with Crippen molar-refractivity contribution in [2.45, 2.75) is 38.5 Å². The molecule has 0 aliphatic carbocycles. The lowest BCUT2D eigenvalue weighted by molar-refractivity contribution is -0.119. The van der Waals surface area contributed by atoms with Gasteiger partial charge in [-0.05, 0) is 20.3 Å². The average Bonchev–Trinajstić information content (AvgIpc) is 2.27. The smallest absolute Gasteiger partial charge is 0.321 e. The van der Waals surface area contributed by atoms with Crippen LogP contribution in [0.5, 0.6) is 0 Å². The third-order valence-electron chi connectivity index (χ3n) is 2.24. The number of hydrogen-bond donors (Lipinski definition) is 3. The van der Waals surface area contributed by atoms with Crippen LogP contribution in [0.15, 0.2) is 0 Å². The summed E-state index contributed by atoms with van der Waals surface area (Å²) in [7, 11) is -1.36. The van der Waals surface area contributed by atoms with E-state index in [1.165, 1.54) is 6.92 Å². The standard InChI is InChI=1S/C10H21N3O3S/c1-4-8(11)6-17(16)7(3)9(14)13-10(15)12-5-2/h7-8H,4-6,11H2,1-3H3,(H2,12,13,14,15). The highest BCUT2D eigenvalue weighted by atomic mass is 32.2. The molecule has 3 unspecified atom stereocenters. The molecular weight excluding hydrogens is 242 g/mol. The summed E-state index contributed by atoms with van der Waals surface area (Å²) in [5.74, 6) is -0.280. The van der Waals surface area contributed by atoms with Crippen molar-refractivity contribution in [2.75, 3.05) is 12.3 Å². The lowest BCUT2D eigenvalue weighted by atomic mass is 10.3. The van der Waals surface area contributed by atoms with Gasteiger partial charge < -0.3 is 11.1 Å². The van der Waals surface area contributed by atoms with Crippen LogP contribution in [0.25, 0.3) is 0 Å². The number of nitrogens with one attached hydrogen (secondary N) is 2. The molecular formula is C10H21N3O3S. The Bertz CT molecular complexity index is 297. The van der Waals surface area contributed by atoms with Gasteiger partial charge in [-0.15, -0.1) is 0 Å². The van der Waals surface area contributed by atoms with Crippen molar-refractivity contribution in [3.05, 3.63) is 0 Å². The van der Waals surface area contributed by atoms with Gasteiger partial charge >= 0.3 is 6.03 Å². The molecule has 0 fully saturated rings. The summed E-state index contributed by atoms with van der Waals surface area (Å²) in [4.78, 5) is 22.6. The van der Waals surface area contributed by atoms with Crippen molar-refractivity contribution in [1.82, 2.24) is 10.6 Å². The van der Waals surface area contributed by atoms with Crippen molar-refractivity contribution in [2.24, 2.45) is 5.73 Å². The topological polar surface area (TPSA) is 101 Å². The molecule has 3 atom stereocenters. The molecule has 0 aromatic carbocycles. The van der Waals surface area contributed by atoms with Gasteiger partial charge in [-0.1, -0.05) is 6.92 Å². The summed E-state index contributed by atoms with van der Waals surface area (Å²) in [6, 6.07) is -0.753. The lowest BCUT2D eigenvalue weighted by Crippen LogP contribution is -2.45. The fraction of sp³-hybridized carbons (Fsp3) is 0.800. The van der Waals surface area contributed by atoms with Crippen LogP contribution in [0.2, 0.25) is 0 Å². The van der Waals surface area contributed by atoms with E-state index in [-0.39, 0.29) is 11.8 Å². The predicted molar refractivity (Wildman–Crippen MR) is 68.0 cm³/mol. The summed E-state index contributed by atoms with van der Waals surface area (Å²) in [5, 5.41) is 3.82. The first-order valence-electron chi connectivity index (χ1n) is 5.63. The zero-order valence-electron chi connectivity index (χ0n) is 10.5. The normalized spacial score (nSPS) is 15.8. The first kappa shape index (κ1) is 16.1. The quantitative estimate of drug-likeness (QED) is 0.612. The maximum atomic E-state index is 11.7. The van der Waals surface area contributed by atoms with Crippen LogP contribution in [0.4, 0.5) is 4.79 Å². The molecule has 0 rings (SSSR count). The molecule has 3 amide bonds. The maximum Gasteiger partial charge on any atom is 0.321 e. The zero-order valence-corrected chi connectivity index (χ0v) is 11.3. The molecule has 0 radical (unpaired) electrons. The number of imide groups is 1. The largest absolute Gasteiger partial charge is 0.338 e. The van der Waals surface area contributed by atoms with Gasteiger partial charge in [0.25, 0.3) is 0 Å². The van der Waals surface area contributed by atoms with Gasteiger partial charge in [0, 0.05) is 29.1 Å². The fourth-order valence-electron chi connectivity index (χ4n) is 1.01. The Kier molecular flexibility index (Phi) is 7.73. The minimum absolute atomic E-state index is 0.185. The van der Waals surface area contributed by atoms with Crippen LogP contribution >= 0.6 is 0 Å². The number of nitrogens with two attached hydrogens (primary N) is 1. The molecule has 0 aliphatic heterocycles. The summed E-state index contributed by atoms with van der Waals surface area (Å²) in [6.45, 7) is 5.58. The van der Waals surface area contributed by atoms with Gasteiger partial charge in [0.2, 0.25) is 5.91 Å². The Morgan fingerprint density at radius 3 is 2.41 bits per heavy atom. The minimum Gasteiger partial charge on any atom is -0.338 e. The molecule has 0 aromatic heterocycles. The van der Waals surface area contributed by atoms with Crippen LogP contribution in [0.1, 0.15) is 27.2 Å². The number of amides is 3. The predicted octanol–water partition coefficient (Wildman–Crippen LogP) is -0.293. The maximum absolute atomic E-state index is 11.7. The highest BCUT2D eigenvalue weighted by Crippen LogP contribution is 2.00. The zero-order chi connectivity index (χ0) is 13.4. The van der Waals surface area contributed by atoms with E-state index >= 15 is 0 Å². The second kappa shape index (κ2) is 8.19. The van der Waals surface area contributed by atoms with Gasteiger partial charge in [0.15, 0.2) is 0 Å². The van der Waals surface area contributed by atoms with E-state index in [0.29, 0.717) is 13.0 Å². The van der Waals surface area contributed by atoms with Crippen molar-refractivity contribution >= 4 is 22.7 Å². The summed E-state index contributed by atoms with van der Waals surface area (Å²) in [6.07, 6.45) is 0.705. The van der Waals surface area contributed by atoms with E-state index in [9.17, 15) is 13.8 Å². The third-order valence-corrected chi connectivity index (χ3v) is 4.00. The molecule has 7 heteroatoms. The molecule has 6 nitrogen and oxygen atoms in total. The van der Waals surface area contributed by atoms with Gasteiger partial charge in [-0.2, -0.15) is 0 Å². The molecule has 0 aliphatic rings. The van der Waals surface area contributed by atoms with E-state index in [1.807, 2.05) is 6.92 Å². The lowest BCUT2D eigenvalue weighted by Gasteiger charge is -2.14. The Labute approximate surface area is 104 Å². The first-order chi connectivity index (χ1) is 7.92. The molecule has 0 aromatic rings. The van der Waals surface area contributed by atoms with Crippen molar-refractivity contribution < 1.29 is 13.8 Å². The summed E-state index contributed by atoms with van der Waals surface area (Å²) < 4.78 is 11.7. The highest BCUT2D eigenvalue weighted by Gasteiger charge is 2.22. The van der Waals surface area contributed by atoms with E-state index in [0.717, 1.165) is 0 Å².